The van der Waals surface area contributed by atoms with Crippen LogP contribution < -0.4 is 0 Å². The molecule has 11 aromatic rings. The molecule has 0 aliphatic heterocycles. The molecule has 11 rings (SSSR count). The van der Waals surface area contributed by atoms with Gasteiger partial charge < -0.3 is 8.83 Å². The molecule has 0 aliphatic rings. The molecule has 0 unspecified atom stereocenters. The second-order valence-corrected chi connectivity index (χ2v) is 13.8. The van der Waals surface area contributed by atoms with Crippen LogP contribution in [0.1, 0.15) is 0 Å². The molecule has 0 spiro atoms. The van der Waals surface area contributed by atoms with Gasteiger partial charge in [0, 0.05) is 69.5 Å². The minimum Gasteiger partial charge on any atom is -0.456 e. The molecule has 0 saturated heterocycles. The Kier molecular flexibility index (Phi) is 6.05. The molecule has 0 aliphatic carbocycles. The number of aromatic nitrogens is 3. The molecule has 0 amide bonds. The fraction of sp³-hybridized carbons (Fsp3) is 0. The molecule has 7 aromatic carbocycles. The normalized spacial score (nSPS) is 11.9. The van der Waals surface area contributed by atoms with Gasteiger partial charge in [-0.1, -0.05) is 103 Å². The molecule has 238 valence electrons. The molecule has 6 heteroatoms. The van der Waals surface area contributed by atoms with Gasteiger partial charge in [0.1, 0.15) is 22.3 Å². The van der Waals surface area contributed by atoms with E-state index in [-0.39, 0.29) is 0 Å². The van der Waals surface area contributed by atoms with Crippen LogP contribution in [0.15, 0.2) is 160 Å². The highest BCUT2D eigenvalue weighted by Gasteiger charge is 2.18. The summed E-state index contributed by atoms with van der Waals surface area (Å²) in [4.78, 5) is 15.1. The van der Waals surface area contributed by atoms with Crippen molar-refractivity contribution >= 4 is 75.4 Å². The number of benzene rings is 7. The van der Waals surface area contributed by atoms with Crippen molar-refractivity contribution in [1.82, 2.24) is 15.0 Å². The van der Waals surface area contributed by atoms with Crippen LogP contribution in [0.25, 0.3) is 109 Å². The van der Waals surface area contributed by atoms with Gasteiger partial charge in [0.2, 0.25) is 0 Å². The Morgan fingerprint density at radius 3 is 1.73 bits per heavy atom. The molecule has 4 aromatic heterocycles. The maximum Gasteiger partial charge on any atom is 0.164 e. The van der Waals surface area contributed by atoms with Gasteiger partial charge in [-0.3, -0.25) is 0 Å². The van der Waals surface area contributed by atoms with Crippen LogP contribution in [-0.2, 0) is 0 Å². The topological polar surface area (TPSA) is 65.0 Å². The first-order valence-electron chi connectivity index (χ1n) is 16.8. The number of furan rings is 2. The number of fused-ring (bicyclic) bond motifs is 9. The Morgan fingerprint density at radius 2 is 0.941 bits per heavy atom. The van der Waals surface area contributed by atoms with E-state index >= 15 is 0 Å². The lowest BCUT2D eigenvalue weighted by molar-refractivity contribution is 0.669. The van der Waals surface area contributed by atoms with E-state index in [0.29, 0.717) is 17.5 Å². The molecule has 0 bridgehead atoms. The zero-order valence-corrected chi connectivity index (χ0v) is 27.8. The minimum atomic E-state index is 0.613. The number of rotatable bonds is 4. The third-order valence-corrected chi connectivity index (χ3v) is 11.0. The van der Waals surface area contributed by atoms with E-state index in [1.165, 1.54) is 20.2 Å². The number of para-hydroxylation sites is 3. The molecule has 0 fully saturated rings. The van der Waals surface area contributed by atoms with E-state index in [2.05, 4.69) is 78.9 Å². The molecule has 51 heavy (non-hydrogen) atoms. The van der Waals surface area contributed by atoms with E-state index in [0.717, 1.165) is 71.7 Å². The minimum absolute atomic E-state index is 0.613. The first-order chi connectivity index (χ1) is 25.2. The van der Waals surface area contributed by atoms with E-state index in [1.807, 2.05) is 72.8 Å². The first-order valence-corrected chi connectivity index (χ1v) is 17.7. The average Bonchev–Trinajstić information content (AvgIpc) is 3.89. The Hall–Kier alpha value is -6.63. The summed E-state index contributed by atoms with van der Waals surface area (Å²) in [6.45, 7) is 0. The van der Waals surface area contributed by atoms with Gasteiger partial charge in [0.05, 0.1) is 0 Å². The second-order valence-electron chi connectivity index (χ2n) is 12.8. The number of hydrogen-bond donors (Lipinski definition) is 0. The van der Waals surface area contributed by atoms with Crippen molar-refractivity contribution in [3.05, 3.63) is 152 Å². The van der Waals surface area contributed by atoms with Gasteiger partial charge in [0.25, 0.3) is 0 Å². The maximum atomic E-state index is 6.45. The van der Waals surface area contributed by atoms with E-state index in [9.17, 15) is 0 Å². The molecular formula is C45H25N3O2S. The Balaban J connectivity index is 1.09. The maximum absolute atomic E-state index is 6.45. The highest BCUT2D eigenvalue weighted by molar-refractivity contribution is 7.26. The SMILES string of the molecule is c1ccc(-c2nc(-c3ccc4oc5ccccc5c4c3)nc(-c3ccc4sc5c(-c6cccc7c6oc6ccccc67)cccc5c4c3)n2)cc1. The lowest BCUT2D eigenvalue weighted by Gasteiger charge is -2.09. The molecule has 5 nitrogen and oxygen atoms in total. The van der Waals surface area contributed by atoms with Gasteiger partial charge >= 0.3 is 0 Å². The summed E-state index contributed by atoms with van der Waals surface area (Å²) in [5.74, 6) is 1.87. The average molecular weight is 672 g/mol. The lowest BCUT2D eigenvalue weighted by atomic mass is 10.00. The van der Waals surface area contributed by atoms with Crippen molar-refractivity contribution in [2.24, 2.45) is 0 Å². The van der Waals surface area contributed by atoms with Crippen molar-refractivity contribution in [2.75, 3.05) is 0 Å². The van der Waals surface area contributed by atoms with Gasteiger partial charge in [-0.15, -0.1) is 11.3 Å². The summed E-state index contributed by atoms with van der Waals surface area (Å²) in [6.07, 6.45) is 0. The summed E-state index contributed by atoms with van der Waals surface area (Å²) >= 11 is 1.80. The van der Waals surface area contributed by atoms with Crippen LogP contribution in [0.3, 0.4) is 0 Å². The van der Waals surface area contributed by atoms with Gasteiger partial charge in [-0.2, -0.15) is 0 Å². The van der Waals surface area contributed by atoms with Crippen molar-refractivity contribution in [3.63, 3.8) is 0 Å². The van der Waals surface area contributed by atoms with Crippen LogP contribution >= 0.6 is 11.3 Å². The summed E-state index contributed by atoms with van der Waals surface area (Å²) in [6, 6.07) is 52.1. The van der Waals surface area contributed by atoms with Crippen molar-refractivity contribution in [3.8, 4) is 45.3 Å². The number of nitrogens with zero attached hydrogens (tertiary/aromatic N) is 3. The van der Waals surface area contributed by atoms with Crippen LogP contribution in [0, 0.1) is 0 Å². The monoisotopic (exact) mass is 671 g/mol. The number of hydrogen-bond acceptors (Lipinski definition) is 6. The van der Waals surface area contributed by atoms with Gasteiger partial charge in [0.15, 0.2) is 17.5 Å². The molecule has 0 N–H and O–H groups in total. The third-order valence-electron chi connectivity index (χ3n) is 9.75. The van der Waals surface area contributed by atoms with E-state index in [4.69, 9.17) is 23.8 Å². The van der Waals surface area contributed by atoms with Crippen LogP contribution in [-0.4, -0.2) is 15.0 Å². The fourth-order valence-corrected chi connectivity index (χ4v) is 8.54. The smallest absolute Gasteiger partial charge is 0.164 e. The Labute approximate surface area is 295 Å². The van der Waals surface area contributed by atoms with Gasteiger partial charge in [-0.05, 0) is 48.5 Å². The zero-order chi connectivity index (χ0) is 33.5. The fourth-order valence-electron chi connectivity index (χ4n) is 7.32. The van der Waals surface area contributed by atoms with Crippen LogP contribution in [0.5, 0.6) is 0 Å². The van der Waals surface area contributed by atoms with Gasteiger partial charge in [-0.25, -0.2) is 15.0 Å². The summed E-state index contributed by atoms with van der Waals surface area (Å²) in [7, 11) is 0. The van der Waals surface area contributed by atoms with Crippen LogP contribution in [0.4, 0.5) is 0 Å². The Morgan fingerprint density at radius 1 is 0.373 bits per heavy atom. The molecule has 0 atom stereocenters. The largest absolute Gasteiger partial charge is 0.456 e. The van der Waals surface area contributed by atoms with Crippen molar-refractivity contribution in [1.29, 1.82) is 0 Å². The third kappa shape index (κ3) is 4.43. The van der Waals surface area contributed by atoms with Crippen molar-refractivity contribution in [2.45, 2.75) is 0 Å². The predicted octanol–water partition coefficient (Wildman–Crippen LogP) is 12.7. The summed E-state index contributed by atoms with van der Waals surface area (Å²) in [5.41, 5.74) is 8.54. The molecule has 0 radical (unpaired) electrons. The molecular weight excluding hydrogens is 647 g/mol. The first kappa shape index (κ1) is 28.2. The molecule has 4 heterocycles. The standard InChI is InChI=1S/C45H25N3O2S/c1-2-10-26(11-3-1)43-46-44(27-20-22-39-35(24-27)30-13-5-6-18-37(30)49-39)48-45(47-43)28-21-23-40-36(25-28)34-17-9-16-33(42(34)51-40)32-15-8-14-31-29-12-4-7-19-38(29)50-41(31)32/h1-25H. The lowest BCUT2D eigenvalue weighted by Crippen LogP contribution is -2.00. The Bertz CT molecular complexity index is 3160. The zero-order valence-electron chi connectivity index (χ0n) is 27.0. The number of thiophene rings is 1. The van der Waals surface area contributed by atoms with Crippen molar-refractivity contribution < 1.29 is 8.83 Å². The highest BCUT2D eigenvalue weighted by Crippen LogP contribution is 2.44. The van der Waals surface area contributed by atoms with E-state index < -0.39 is 0 Å². The quantitative estimate of drug-likeness (QED) is 0.186. The summed E-state index contributed by atoms with van der Waals surface area (Å²) < 4.78 is 15.0. The second kappa shape index (κ2) is 10.9. The predicted molar refractivity (Wildman–Crippen MR) is 209 cm³/mol. The van der Waals surface area contributed by atoms with Crippen LogP contribution in [0.2, 0.25) is 0 Å². The highest BCUT2D eigenvalue weighted by atomic mass is 32.1. The molecule has 0 saturated carbocycles. The summed E-state index contributed by atoms with van der Waals surface area (Å²) in [5, 5.41) is 6.72. The van der Waals surface area contributed by atoms with E-state index in [1.54, 1.807) is 11.3 Å².